The lowest BCUT2D eigenvalue weighted by atomic mass is 10.2. The molecule has 0 aliphatic carbocycles. The molecule has 0 radical (unpaired) electrons. The molecule has 0 fully saturated rings. The molecule has 2 aromatic rings. The third kappa shape index (κ3) is 2.73. The van der Waals surface area contributed by atoms with E-state index in [-0.39, 0.29) is 17.1 Å². The Balaban J connectivity index is 2.07. The number of phenolic OH excluding ortho intramolecular Hbond substituents is 2. The third-order valence-corrected chi connectivity index (χ3v) is 2.91. The van der Waals surface area contributed by atoms with E-state index in [2.05, 4.69) is 10.3 Å². The van der Waals surface area contributed by atoms with Crippen LogP contribution in [0.25, 0.3) is 0 Å². The van der Waals surface area contributed by atoms with Crippen molar-refractivity contribution in [2.75, 3.05) is 0 Å². The first-order valence-corrected chi connectivity index (χ1v) is 5.72. The van der Waals surface area contributed by atoms with Gasteiger partial charge >= 0.3 is 0 Å². The number of carbonyl (C=O) groups excluding carboxylic acids is 1. The summed E-state index contributed by atoms with van der Waals surface area (Å²) in [4.78, 5) is 16.5. The number of amides is 1. The van der Waals surface area contributed by atoms with Crippen LogP contribution in [0.15, 0.2) is 29.9 Å². The Bertz CT molecular complexity index is 526. The smallest absolute Gasteiger partial charge is 0.255 e. The van der Waals surface area contributed by atoms with Gasteiger partial charge in [-0.3, -0.25) is 9.78 Å². The average Bonchev–Trinajstić information content (AvgIpc) is 2.82. The normalized spacial score (nSPS) is 10.1. The van der Waals surface area contributed by atoms with Crippen LogP contribution in [-0.2, 0) is 6.54 Å². The first-order valence-electron chi connectivity index (χ1n) is 4.84. The molecular weight excluding hydrogens is 240 g/mol. The van der Waals surface area contributed by atoms with Crippen molar-refractivity contribution in [1.82, 2.24) is 10.3 Å². The van der Waals surface area contributed by atoms with E-state index in [9.17, 15) is 15.0 Å². The monoisotopic (exact) mass is 250 g/mol. The number of benzene rings is 1. The van der Waals surface area contributed by atoms with Crippen LogP contribution in [0.4, 0.5) is 0 Å². The number of phenols is 2. The second kappa shape index (κ2) is 4.84. The van der Waals surface area contributed by atoms with Crippen LogP contribution in [0.3, 0.4) is 0 Å². The van der Waals surface area contributed by atoms with Crippen molar-refractivity contribution in [2.45, 2.75) is 6.54 Å². The molecule has 2 rings (SSSR count). The van der Waals surface area contributed by atoms with E-state index in [1.54, 1.807) is 11.7 Å². The molecule has 0 saturated carbocycles. The number of carbonyl (C=O) groups is 1. The van der Waals surface area contributed by atoms with Crippen molar-refractivity contribution in [3.63, 3.8) is 0 Å². The predicted octanol–water partition coefficient (Wildman–Crippen LogP) is 1.48. The molecule has 0 atom stereocenters. The molecule has 1 aromatic carbocycles. The predicted molar refractivity (Wildman–Crippen MR) is 63.1 cm³/mol. The van der Waals surface area contributed by atoms with Gasteiger partial charge in [-0.15, -0.1) is 11.3 Å². The highest BCUT2D eigenvalue weighted by atomic mass is 32.1. The number of aromatic nitrogens is 1. The minimum atomic E-state index is -0.438. The van der Waals surface area contributed by atoms with Gasteiger partial charge in [0.2, 0.25) is 0 Å². The maximum atomic E-state index is 11.7. The van der Waals surface area contributed by atoms with E-state index in [0.717, 1.165) is 4.88 Å². The summed E-state index contributed by atoms with van der Waals surface area (Å²) < 4.78 is 0. The van der Waals surface area contributed by atoms with Gasteiger partial charge in [-0.25, -0.2) is 0 Å². The zero-order chi connectivity index (χ0) is 12.3. The van der Waals surface area contributed by atoms with Crippen molar-refractivity contribution in [3.05, 3.63) is 40.3 Å². The number of rotatable bonds is 3. The molecule has 5 nitrogen and oxygen atoms in total. The SMILES string of the molecule is O=C(NCc1cncs1)c1cc(O)ccc1O. The number of aromatic hydroxyl groups is 2. The molecule has 1 aromatic heterocycles. The molecular formula is C11H10N2O3S. The summed E-state index contributed by atoms with van der Waals surface area (Å²) in [5, 5.41) is 21.4. The van der Waals surface area contributed by atoms with Crippen LogP contribution in [0, 0.1) is 0 Å². The van der Waals surface area contributed by atoms with Crippen molar-refractivity contribution in [3.8, 4) is 11.5 Å². The third-order valence-electron chi connectivity index (χ3n) is 2.13. The number of nitrogens with one attached hydrogen (secondary N) is 1. The van der Waals surface area contributed by atoms with Crippen molar-refractivity contribution in [2.24, 2.45) is 0 Å². The standard InChI is InChI=1S/C11H10N2O3S/c14-7-1-2-10(15)9(3-7)11(16)13-5-8-4-12-6-17-8/h1-4,6,14-15H,5H2,(H,13,16). The minimum Gasteiger partial charge on any atom is -0.508 e. The number of hydrogen-bond acceptors (Lipinski definition) is 5. The summed E-state index contributed by atoms with van der Waals surface area (Å²) in [5.41, 5.74) is 1.72. The van der Waals surface area contributed by atoms with Crippen molar-refractivity contribution in [1.29, 1.82) is 0 Å². The Hall–Kier alpha value is -2.08. The lowest BCUT2D eigenvalue weighted by Gasteiger charge is -2.05. The molecule has 0 unspecified atom stereocenters. The summed E-state index contributed by atoms with van der Waals surface area (Å²) in [6, 6.07) is 3.81. The van der Waals surface area contributed by atoms with E-state index < -0.39 is 5.91 Å². The topological polar surface area (TPSA) is 82.5 Å². The first kappa shape index (κ1) is 11.4. The van der Waals surface area contributed by atoms with E-state index >= 15 is 0 Å². The first-order chi connectivity index (χ1) is 8.16. The van der Waals surface area contributed by atoms with Gasteiger partial charge < -0.3 is 15.5 Å². The Labute approximate surface area is 101 Å². The fourth-order valence-electron chi connectivity index (χ4n) is 1.30. The fourth-order valence-corrected chi connectivity index (χ4v) is 1.83. The van der Waals surface area contributed by atoms with Crippen LogP contribution < -0.4 is 5.32 Å². The molecule has 17 heavy (non-hydrogen) atoms. The fraction of sp³-hybridized carbons (Fsp3) is 0.0909. The van der Waals surface area contributed by atoms with Gasteiger partial charge in [0, 0.05) is 11.1 Å². The second-order valence-electron chi connectivity index (χ2n) is 3.35. The maximum absolute atomic E-state index is 11.7. The van der Waals surface area contributed by atoms with Crippen molar-refractivity contribution >= 4 is 17.2 Å². The lowest BCUT2D eigenvalue weighted by Crippen LogP contribution is -2.22. The van der Waals surface area contributed by atoms with Crippen LogP contribution in [0.2, 0.25) is 0 Å². The van der Waals surface area contributed by atoms with Gasteiger partial charge in [-0.05, 0) is 18.2 Å². The van der Waals surface area contributed by atoms with Crippen LogP contribution >= 0.6 is 11.3 Å². The Morgan fingerprint density at radius 2 is 2.24 bits per heavy atom. The van der Waals surface area contributed by atoms with Crippen molar-refractivity contribution < 1.29 is 15.0 Å². The molecule has 1 amide bonds. The summed E-state index contributed by atoms with van der Waals surface area (Å²) in [7, 11) is 0. The quantitative estimate of drug-likeness (QED) is 0.721. The van der Waals surface area contributed by atoms with Gasteiger partial charge in [0.15, 0.2) is 0 Å². The highest BCUT2D eigenvalue weighted by Gasteiger charge is 2.11. The summed E-state index contributed by atoms with van der Waals surface area (Å²) in [6.45, 7) is 0.346. The number of hydrogen-bond donors (Lipinski definition) is 3. The van der Waals surface area contributed by atoms with Gasteiger partial charge in [0.1, 0.15) is 11.5 Å². The van der Waals surface area contributed by atoms with Crippen LogP contribution in [-0.4, -0.2) is 21.1 Å². The Kier molecular flexibility index (Phi) is 3.24. The molecule has 0 spiro atoms. The molecule has 6 heteroatoms. The Morgan fingerprint density at radius 3 is 2.94 bits per heavy atom. The summed E-state index contributed by atoms with van der Waals surface area (Å²) in [6.07, 6.45) is 1.66. The summed E-state index contributed by atoms with van der Waals surface area (Å²) >= 11 is 1.43. The number of thiazole rings is 1. The molecule has 1 heterocycles. The van der Waals surface area contributed by atoms with E-state index in [0.29, 0.717) is 6.54 Å². The van der Waals surface area contributed by atoms with Gasteiger partial charge in [-0.1, -0.05) is 0 Å². The molecule has 3 N–H and O–H groups in total. The molecule has 0 aliphatic rings. The Morgan fingerprint density at radius 1 is 1.41 bits per heavy atom. The maximum Gasteiger partial charge on any atom is 0.255 e. The van der Waals surface area contributed by atoms with Crippen LogP contribution in [0.1, 0.15) is 15.2 Å². The van der Waals surface area contributed by atoms with E-state index in [1.807, 2.05) is 0 Å². The van der Waals surface area contributed by atoms with Gasteiger partial charge in [0.25, 0.3) is 5.91 Å². The summed E-state index contributed by atoms with van der Waals surface area (Å²) in [5.74, 6) is -0.665. The minimum absolute atomic E-state index is 0.0505. The highest BCUT2D eigenvalue weighted by Crippen LogP contribution is 2.21. The largest absolute Gasteiger partial charge is 0.508 e. The second-order valence-corrected chi connectivity index (χ2v) is 4.32. The van der Waals surface area contributed by atoms with E-state index in [4.69, 9.17) is 0 Å². The highest BCUT2D eigenvalue weighted by molar-refractivity contribution is 7.09. The molecule has 0 bridgehead atoms. The average molecular weight is 250 g/mol. The molecule has 0 aliphatic heterocycles. The zero-order valence-corrected chi connectivity index (χ0v) is 9.57. The van der Waals surface area contributed by atoms with Gasteiger partial charge in [-0.2, -0.15) is 0 Å². The van der Waals surface area contributed by atoms with E-state index in [1.165, 1.54) is 29.5 Å². The molecule has 0 saturated heterocycles. The van der Waals surface area contributed by atoms with Gasteiger partial charge in [0.05, 0.1) is 17.6 Å². The van der Waals surface area contributed by atoms with Crippen LogP contribution in [0.5, 0.6) is 11.5 Å². The molecule has 88 valence electrons. The number of nitrogens with zero attached hydrogens (tertiary/aromatic N) is 1. The zero-order valence-electron chi connectivity index (χ0n) is 8.75. The lowest BCUT2D eigenvalue weighted by molar-refractivity contribution is 0.0948.